The van der Waals surface area contributed by atoms with Crippen LogP contribution < -0.4 is 5.32 Å². The molecular formula is C11H25N3O2S. The lowest BCUT2D eigenvalue weighted by atomic mass is 10.2. The largest absolute Gasteiger partial charge is 0.313 e. The van der Waals surface area contributed by atoms with Crippen LogP contribution in [0.3, 0.4) is 0 Å². The van der Waals surface area contributed by atoms with Gasteiger partial charge in [-0.25, -0.2) is 0 Å². The molecule has 1 fully saturated rings. The summed E-state index contributed by atoms with van der Waals surface area (Å²) in [5.41, 5.74) is 0. The maximum Gasteiger partial charge on any atom is 0.281 e. The third kappa shape index (κ3) is 3.64. The highest BCUT2D eigenvalue weighted by Crippen LogP contribution is 2.13. The highest BCUT2D eigenvalue weighted by atomic mass is 32.2. The molecule has 0 saturated carbocycles. The molecule has 0 radical (unpaired) electrons. The predicted molar refractivity (Wildman–Crippen MR) is 70.1 cm³/mol. The number of nitrogens with one attached hydrogen (secondary N) is 1. The molecule has 1 heterocycles. The van der Waals surface area contributed by atoms with Gasteiger partial charge in [0.05, 0.1) is 0 Å². The fourth-order valence-electron chi connectivity index (χ4n) is 1.99. The number of hydrogen-bond acceptors (Lipinski definition) is 3. The maximum atomic E-state index is 12.3. The van der Waals surface area contributed by atoms with Crippen molar-refractivity contribution in [1.82, 2.24) is 13.9 Å². The zero-order chi connectivity index (χ0) is 13.1. The van der Waals surface area contributed by atoms with Gasteiger partial charge in [-0.3, -0.25) is 0 Å². The van der Waals surface area contributed by atoms with Crippen molar-refractivity contribution < 1.29 is 8.42 Å². The first-order valence-electron chi connectivity index (χ1n) is 6.36. The Morgan fingerprint density at radius 1 is 1.41 bits per heavy atom. The van der Waals surface area contributed by atoms with Crippen molar-refractivity contribution in [3.05, 3.63) is 0 Å². The Hall–Kier alpha value is -0.170. The zero-order valence-electron chi connectivity index (χ0n) is 11.3. The second kappa shape index (κ2) is 6.13. The van der Waals surface area contributed by atoms with Crippen LogP contribution in [0.4, 0.5) is 0 Å². The first-order valence-corrected chi connectivity index (χ1v) is 7.75. The predicted octanol–water partition coefficient (Wildman–Crippen LogP) is 0.645. The Kier molecular flexibility index (Phi) is 5.37. The molecule has 1 aliphatic heterocycles. The number of nitrogens with zero attached hydrogens (tertiary/aromatic N) is 2. The second-order valence-corrected chi connectivity index (χ2v) is 6.85. The van der Waals surface area contributed by atoms with Gasteiger partial charge < -0.3 is 5.32 Å². The molecule has 0 aliphatic carbocycles. The van der Waals surface area contributed by atoms with Gasteiger partial charge in [-0.05, 0) is 33.2 Å². The molecule has 0 aromatic heterocycles. The summed E-state index contributed by atoms with van der Waals surface area (Å²) in [6, 6.07) is 0.302. The van der Waals surface area contributed by atoms with Gasteiger partial charge in [0.1, 0.15) is 0 Å². The normalized spacial score (nSPS) is 21.9. The summed E-state index contributed by atoms with van der Waals surface area (Å²) in [7, 11) is -1.67. The van der Waals surface area contributed by atoms with E-state index in [-0.39, 0.29) is 6.04 Å². The summed E-state index contributed by atoms with van der Waals surface area (Å²) in [6.45, 7) is 7.77. The molecule has 1 saturated heterocycles. The minimum atomic E-state index is -3.31. The van der Waals surface area contributed by atoms with E-state index in [4.69, 9.17) is 0 Å². The average Bonchev–Trinajstić information content (AvgIpc) is 2.76. The molecular weight excluding hydrogens is 238 g/mol. The van der Waals surface area contributed by atoms with Crippen molar-refractivity contribution in [1.29, 1.82) is 0 Å². The fraction of sp³-hybridized carbons (Fsp3) is 1.00. The van der Waals surface area contributed by atoms with Crippen molar-refractivity contribution in [3.8, 4) is 0 Å². The van der Waals surface area contributed by atoms with Crippen LogP contribution in [0.1, 0.15) is 33.6 Å². The Balaban J connectivity index is 2.71. The van der Waals surface area contributed by atoms with Gasteiger partial charge in [0.15, 0.2) is 0 Å². The van der Waals surface area contributed by atoms with Crippen LogP contribution in [0.2, 0.25) is 0 Å². The van der Waals surface area contributed by atoms with Gasteiger partial charge in [-0.1, -0.05) is 6.92 Å². The standard InChI is InChI=1S/C11H25N3O2S/c1-5-14(9-11-7-6-8-12-11)17(15,16)13(4)10(2)3/h10-12H,5-9H2,1-4H3. The van der Waals surface area contributed by atoms with Gasteiger partial charge in [-0.2, -0.15) is 17.0 Å². The Labute approximate surface area is 105 Å². The summed E-state index contributed by atoms with van der Waals surface area (Å²) in [5.74, 6) is 0. The third-order valence-corrected chi connectivity index (χ3v) is 5.57. The van der Waals surface area contributed by atoms with E-state index in [9.17, 15) is 8.42 Å². The fourth-order valence-corrected chi connectivity index (χ4v) is 3.59. The maximum absolute atomic E-state index is 12.3. The second-order valence-electron chi connectivity index (χ2n) is 4.86. The van der Waals surface area contributed by atoms with Gasteiger partial charge in [0, 0.05) is 32.2 Å². The van der Waals surface area contributed by atoms with Crippen LogP contribution in [0.15, 0.2) is 0 Å². The number of likely N-dealkylation sites (N-methyl/N-ethyl adjacent to an activating group) is 1. The molecule has 0 spiro atoms. The van der Waals surface area contributed by atoms with Crippen molar-refractivity contribution >= 4 is 10.2 Å². The Bertz CT molecular complexity index is 324. The van der Waals surface area contributed by atoms with E-state index in [0.717, 1.165) is 19.4 Å². The molecule has 1 N–H and O–H groups in total. The van der Waals surface area contributed by atoms with Crippen molar-refractivity contribution in [3.63, 3.8) is 0 Å². The van der Waals surface area contributed by atoms with E-state index in [1.54, 1.807) is 11.4 Å². The molecule has 1 rings (SSSR count). The highest BCUT2D eigenvalue weighted by Gasteiger charge is 2.30. The topological polar surface area (TPSA) is 52.7 Å². The summed E-state index contributed by atoms with van der Waals surface area (Å²) >= 11 is 0. The quantitative estimate of drug-likeness (QED) is 0.765. The molecule has 1 atom stereocenters. The molecule has 0 bridgehead atoms. The van der Waals surface area contributed by atoms with Gasteiger partial charge in [0.25, 0.3) is 10.2 Å². The molecule has 0 amide bonds. The molecule has 17 heavy (non-hydrogen) atoms. The van der Waals surface area contributed by atoms with E-state index in [0.29, 0.717) is 19.1 Å². The van der Waals surface area contributed by atoms with Crippen LogP contribution in [0.5, 0.6) is 0 Å². The minimum absolute atomic E-state index is 0.00872. The van der Waals surface area contributed by atoms with Crippen molar-refractivity contribution in [2.75, 3.05) is 26.7 Å². The lowest BCUT2D eigenvalue weighted by Gasteiger charge is -2.30. The SMILES string of the molecule is CCN(CC1CCCN1)S(=O)(=O)N(C)C(C)C. The summed E-state index contributed by atoms with van der Waals surface area (Å²) in [6.07, 6.45) is 2.21. The van der Waals surface area contributed by atoms with E-state index < -0.39 is 10.2 Å². The minimum Gasteiger partial charge on any atom is -0.313 e. The lowest BCUT2D eigenvalue weighted by Crippen LogP contribution is -2.48. The monoisotopic (exact) mass is 263 g/mol. The average molecular weight is 263 g/mol. The zero-order valence-corrected chi connectivity index (χ0v) is 12.1. The molecule has 0 aromatic rings. The van der Waals surface area contributed by atoms with E-state index in [1.807, 2.05) is 20.8 Å². The van der Waals surface area contributed by atoms with Crippen molar-refractivity contribution in [2.45, 2.75) is 45.7 Å². The van der Waals surface area contributed by atoms with E-state index >= 15 is 0 Å². The van der Waals surface area contributed by atoms with E-state index in [1.165, 1.54) is 4.31 Å². The van der Waals surface area contributed by atoms with Crippen LogP contribution in [0.25, 0.3) is 0 Å². The molecule has 1 aliphatic rings. The summed E-state index contributed by atoms with van der Waals surface area (Å²) < 4.78 is 27.6. The van der Waals surface area contributed by atoms with Gasteiger partial charge in [0.2, 0.25) is 0 Å². The molecule has 0 aromatic carbocycles. The number of rotatable bonds is 6. The Morgan fingerprint density at radius 2 is 2.06 bits per heavy atom. The van der Waals surface area contributed by atoms with Crippen LogP contribution >= 0.6 is 0 Å². The molecule has 102 valence electrons. The van der Waals surface area contributed by atoms with Gasteiger partial charge in [-0.15, -0.1) is 0 Å². The summed E-state index contributed by atoms with van der Waals surface area (Å²) in [4.78, 5) is 0. The summed E-state index contributed by atoms with van der Waals surface area (Å²) in [5, 5.41) is 3.34. The lowest BCUT2D eigenvalue weighted by molar-refractivity contribution is 0.323. The highest BCUT2D eigenvalue weighted by molar-refractivity contribution is 7.86. The first kappa shape index (κ1) is 14.9. The van der Waals surface area contributed by atoms with E-state index in [2.05, 4.69) is 5.32 Å². The molecule has 1 unspecified atom stereocenters. The van der Waals surface area contributed by atoms with Crippen molar-refractivity contribution in [2.24, 2.45) is 0 Å². The number of hydrogen-bond donors (Lipinski definition) is 1. The van der Waals surface area contributed by atoms with Crippen LogP contribution in [-0.4, -0.2) is 55.8 Å². The van der Waals surface area contributed by atoms with Crippen LogP contribution in [0, 0.1) is 0 Å². The smallest absolute Gasteiger partial charge is 0.281 e. The third-order valence-electron chi connectivity index (χ3n) is 3.36. The Morgan fingerprint density at radius 3 is 2.47 bits per heavy atom. The van der Waals surface area contributed by atoms with Crippen LogP contribution in [-0.2, 0) is 10.2 Å². The molecule has 6 heteroatoms. The first-order chi connectivity index (χ1) is 7.89. The van der Waals surface area contributed by atoms with Gasteiger partial charge >= 0.3 is 0 Å². The molecule has 5 nitrogen and oxygen atoms in total.